The molecule has 6 nitrogen and oxygen atoms in total. The summed E-state index contributed by atoms with van der Waals surface area (Å²) in [7, 11) is 0. The monoisotopic (exact) mass is 244 g/mol. The predicted molar refractivity (Wildman–Crippen MR) is 59.0 cm³/mol. The second-order valence-corrected chi connectivity index (χ2v) is 3.53. The van der Waals surface area contributed by atoms with E-state index in [1.165, 1.54) is 12.1 Å². The van der Waals surface area contributed by atoms with Gasteiger partial charge in [0.1, 0.15) is 12.2 Å². The molecule has 0 aromatic heterocycles. The van der Waals surface area contributed by atoms with Crippen molar-refractivity contribution in [3.8, 4) is 0 Å². The summed E-state index contributed by atoms with van der Waals surface area (Å²) in [5.41, 5.74) is 0.473. The molecule has 0 spiro atoms. The van der Waals surface area contributed by atoms with Gasteiger partial charge in [0, 0.05) is 11.1 Å². The number of aliphatic carboxylic acids is 1. The fourth-order valence-corrected chi connectivity index (χ4v) is 1.29. The van der Waals surface area contributed by atoms with Crippen LogP contribution in [0.4, 0.5) is 11.4 Å². The Morgan fingerprint density at radius 1 is 1.62 bits per heavy atom. The second-order valence-electron chi connectivity index (χ2n) is 3.12. The number of nitro benzene ring substituents is 1. The minimum atomic E-state index is -1.11. The van der Waals surface area contributed by atoms with Gasteiger partial charge in [0.2, 0.25) is 0 Å². The summed E-state index contributed by atoms with van der Waals surface area (Å²) < 4.78 is 0. The van der Waals surface area contributed by atoms with Gasteiger partial charge in [0.05, 0.1) is 4.92 Å². The largest absolute Gasteiger partial charge is 0.480 e. The molecule has 1 aromatic rings. The molecule has 0 fully saturated rings. The highest BCUT2D eigenvalue weighted by molar-refractivity contribution is 6.31. The van der Waals surface area contributed by atoms with E-state index in [1.807, 2.05) is 0 Å². The van der Waals surface area contributed by atoms with Gasteiger partial charge in [0.15, 0.2) is 0 Å². The molecule has 7 heteroatoms. The predicted octanol–water partition coefficient (Wildman–Crippen LogP) is 2.05. The first-order valence-electron chi connectivity index (χ1n) is 4.32. The second kappa shape index (κ2) is 4.80. The van der Waals surface area contributed by atoms with Crippen molar-refractivity contribution in [3.05, 3.63) is 32.8 Å². The van der Waals surface area contributed by atoms with Crippen LogP contribution in [0.1, 0.15) is 5.56 Å². The Bertz CT molecular complexity index is 447. The third kappa shape index (κ3) is 2.83. The van der Waals surface area contributed by atoms with E-state index in [4.69, 9.17) is 16.7 Å². The highest BCUT2D eigenvalue weighted by atomic mass is 35.5. The van der Waals surface area contributed by atoms with Crippen molar-refractivity contribution in [1.82, 2.24) is 0 Å². The Morgan fingerprint density at radius 2 is 2.25 bits per heavy atom. The van der Waals surface area contributed by atoms with Crippen LogP contribution in [0.25, 0.3) is 0 Å². The molecule has 1 aromatic carbocycles. The van der Waals surface area contributed by atoms with Gasteiger partial charge < -0.3 is 10.4 Å². The van der Waals surface area contributed by atoms with E-state index in [0.29, 0.717) is 10.6 Å². The number of carboxylic acids is 1. The molecule has 86 valence electrons. The summed E-state index contributed by atoms with van der Waals surface area (Å²) in [6.45, 7) is 1.23. The lowest BCUT2D eigenvalue weighted by Gasteiger charge is -2.06. The van der Waals surface area contributed by atoms with E-state index in [-0.39, 0.29) is 11.4 Å². The standard InChI is InChI=1S/C9H9ClN2O4/c1-5-2-8(12(15)16)7(3-6(5)10)11-4-9(13)14/h2-3,11H,4H2,1H3,(H,13,14). The van der Waals surface area contributed by atoms with Crippen molar-refractivity contribution in [2.24, 2.45) is 0 Å². The van der Waals surface area contributed by atoms with E-state index < -0.39 is 17.4 Å². The molecule has 0 saturated heterocycles. The fourth-order valence-electron chi connectivity index (χ4n) is 1.13. The number of nitrogens with one attached hydrogen (secondary N) is 1. The number of carbonyl (C=O) groups is 1. The number of hydrogen-bond acceptors (Lipinski definition) is 4. The average molecular weight is 245 g/mol. The van der Waals surface area contributed by atoms with Crippen molar-refractivity contribution in [2.45, 2.75) is 6.92 Å². The summed E-state index contributed by atoms with van der Waals surface area (Å²) >= 11 is 5.80. The van der Waals surface area contributed by atoms with Crippen molar-refractivity contribution in [3.63, 3.8) is 0 Å². The van der Waals surface area contributed by atoms with Crippen molar-refractivity contribution in [2.75, 3.05) is 11.9 Å². The van der Waals surface area contributed by atoms with Gasteiger partial charge in [-0.1, -0.05) is 11.6 Å². The molecular formula is C9H9ClN2O4. The van der Waals surface area contributed by atoms with Crippen LogP contribution in [0.2, 0.25) is 5.02 Å². The number of anilines is 1. The van der Waals surface area contributed by atoms with Crippen LogP contribution in [-0.4, -0.2) is 22.5 Å². The maximum atomic E-state index is 10.7. The van der Waals surface area contributed by atoms with E-state index >= 15 is 0 Å². The topological polar surface area (TPSA) is 92.5 Å². The molecule has 0 aliphatic heterocycles. The fraction of sp³-hybridized carbons (Fsp3) is 0.222. The Kier molecular flexibility index (Phi) is 3.68. The van der Waals surface area contributed by atoms with E-state index in [0.717, 1.165) is 0 Å². The first kappa shape index (κ1) is 12.3. The molecule has 1 rings (SSSR count). The van der Waals surface area contributed by atoms with Crippen molar-refractivity contribution < 1.29 is 14.8 Å². The molecule has 0 aliphatic rings. The summed E-state index contributed by atoms with van der Waals surface area (Å²) in [5, 5.41) is 22.0. The lowest BCUT2D eigenvalue weighted by molar-refractivity contribution is -0.384. The molecule has 0 radical (unpaired) electrons. The number of nitrogens with zero attached hydrogens (tertiary/aromatic N) is 1. The maximum absolute atomic E-state index is 10.7. The Morgan fingerprint density at radius 3 is 2.75 bits per heavy atom. The lowest BCUT2D eigenvalue weighted by Crippen LogP contribution is -2.13. The zero-order valence-corrected chi connectivity index (χ0v) is 9.11. The SMILES string of the molecule is Cc1cc([N+](=O)[O-])c(NCC(=O)O)cc1Cl. The molecule has 0 aliphatic carbocycles. The van der Waals surface area contributed by atoms with Gasteiger partial charge in [-0.25, -0.2) is 0 Å². The lowest BCUT2D eigenvalue weighted by atomic mass is 10.2. The quantitative estimate of drug-likeness (QED) is 0.625. The van der Waals surface area contributed by atoms with Gasteiger partial charge in [-0.05, 0) is 18.6 Å². The Hall–Kier alpha value is -1.82. The third-order valence-electron chi connectivity index (χ3n) is 1.90. The molecule has 0 bridgehead atoms. The van der Waals surface area contributed by atoms with Crippen LogP contribution in [-0.2, 0) is 4.79 Å². The number of hydrogen-bond donors (Lipinski definition) is 2. The van der Waals surface area contributed by atoms with Gasteiger partial charge in [-0.3, -0.25) is 14.9 Å². The van der Waals surface area contributed by atoms with Gasteiger partial charge in [-0.15, -0.1) is 0 Å². The molecule has 0 heterocycles. The highest BCUT2D eigenvalue weighted by Crippen LogP contribution is 2.30. The molecular weight excluding hydrogens is 236 g/mol. The van der Waals surface area contributed by atoms with Gasteiger partial charge in [0.25, 0.3) is 5.69 Å². The van der Waals surface area contributed by atoms with Crippen LogP contribution in [0.5, 0.6) is 0 Å². The van der Waals surface area contributed by atoms with Crippen molar-refractivity contribution in [1.29, 1.82) is 0 Å². The molecule has 0 amide bonds. The van der Waals surface area contributed by atoms with Crippen LogP contribution in [0.3, 0.4) is 0 Å². The van der Waals surface area contributed by atoms with Crippen LogP contribution in [0.15, 0.2) is 12.1 Å². The first-order valence-corrected chi connectivity index (χ1v) is 4.70. The van der Waals surface area contributed by atoms with Crippen LogP contribution in [0, 0.1) is 17.0 Å². The molecule has 0 saturated carbocycles. The number of nitro groups is 1. The van der Waals surface area contributed by atoms with Crippen LogP contribution < -0.4 is 5.32 Å². The zero-order valence-electron chi connectivity index (χ0n) is 8.36. The van der Waals surface area contributed by atoms with Gasteiger partial charge >= 0.3 is 5.97 Å². The smallest absolute Gasteiger partial charge is 0.322 e. The minimum Gasteiger partial charge on any atom is -0.480 e. The molecule has 2 N–H and O–H groups in total. The first-order chi connectivity index (χ1) is 7.41. The van der Waals surface area contributed by atoms with Crippen molar-refractivity contribution >= 4 is 28.9 Å². The minimum absolute atomic E-state index is 0.100. The number of carboxylic acid groups (broad SMARTS) is 1. The van der Waals surface area contributed by atoms with E-state index in [2.05, 4.69) is 5.32 Å². The third-order valence-corrected chi connectivity index (χ3v) is 2.31. The summed E-state index contributed by atoms with van der Waals surface area (Å²) in [5.74, 6) is -1.11. The maximum Gasteiger partial charge on any atom is 0.322 e. The summed E-state index contributed by atoms with van der Waals surface area (Å²) in [6, 6.07) is 2.64. The summed E-state index contributed by atoms with van der Waals surface area (Å²) in [6.07, 6.45) is 0. The zero-order chi connectivity index (χ0) is 12.3. The summed E-state index contributed by atoms with van der Waals surface area (Å²) in [4.78, 5) is 20.5. The number of benzene rings is 1. The van der Waals surface area contributed by atoms with E-state index in [9.17, 15) is 14.9 Å². The molecule has 16 heavy (non-hydrogen) atoms. The number of halogens is 1. The Balaban J connectivity index is 3.09. The average Bonchev–Trinajstić information content (AvgIpc) is 2.18. The normalized spacial score (nSPS) is 9.88. The Labute approximate surface area is 96.0 Å². The van der Waals surface area contributed by atoms with Gasteiger partial charge in [-0.2, -0.15) is 0 Å². The number of rotatable bonds is 4. The molecule has 0 atom stereocenters. The van der Waals surface area contributed by atoms with E-state index in [1.54, 1.807) is 6.92 Å². The van der Waals surface area contributed by atoms with Crippen LogP contribution >= 0.6 is 11.6 Å². The molecule has 0 unspecified atom stereocenters. The number of aryl methyl sites for hydroxylation is 1. The highest BCUT2D eigenvalue weighted by Gasteiger charge is 2.16.